The molecule has 3 aromatic rings. The zero-order chi connectivity index (χ0) is 18.1. The van der Waals surface area contributed by atoms with E-state index < -0.39 is 0 Å². The van der Waals surface area contributed by atoms with Crippen molar-refractivity contribution in [2.24, 2.45) is 0 Å². The first-order valence-corrected chi connectivity index (χ1v) is 9.69. The van der Waals surface area contributed by atoms with Crippen molar-refractivity contribution in [1.29, 1.82) is 0 Å². The van der Waals surface area contributed by atoms with E-state index in [1.165, 1.54) is 17.2 Å². The molecule has 2 aliphatic rings. The van der Waals surface area contributed by atoms with E-state index in [1.807, 2.05) is 0 Å². The van der Waals surface area contributed by atoms with Gasteiger partial charge in [-0.25, -0.2) is 0 Å². The molecular weight excluding hydrogens is 344 g/mol. The Labute approximate surface area is 157 Å². The first kappa shape index (κ1) is 16.8. The van der Waals surface area contributed by atoms with Crippen molar-refractivity contribution in [3.8, 4) is 5.75 Å². The molecule has 7 nitrogen and oxygen atoms in total. The number of aromatic nitrogens is 3. The van der Waals surface area contributed by atoms with Crippen molar-refractivity contribution in [3.05, 3.63) is 42.7 Å². The second-order valence-corrected chi connectivity index (χ2v) is 7.36. The summed E-state index contributed by atoms with van der Waals surface area (Å²) in [5.74, 6) is 1.66. The van der Waals surface area contributed by atoms with Crippen LogP contribution in [0.3, 0.4) is 0 Å². The van der Waals surface area contributed by atoms with Crippen molar-refractivity contribution in [2.75, 3.05) is 26.3 Å². The number of fused-ring (bicyclic) bond motifs is 1. The summed E-state index contributed by atoms with van der Waals surface area (Å²) in [5, 5.41) is 4.86. The molecule has 0 aliphatic carbocycles. The molecule has 5 rings (SSSR count). The second kappa shape index (κ2) is 7.32. The number of ether oxygens (including phenoxy) is 2. The maximum Gasteiger partial charge on any atom is 0.240 e. The maximum absolute atomic E-state index is 6.41. The highest BCUT2D eigenvalue weighted by Gasteiger charge is 2.23. The van der Waals surface area contributed by atoms with E-state index in [9.17, 15) is 0 Å². The molecule has 1 atom stereocenters. The lowest BCUT2D eigenvalue weighted by molar-refractivity contribution is 0.0915. The molecule has 1 unspecified atom stereocenters. The molecule has 27 heavy (non-hydrogen) atoms. The van der Waals surface area contributed by atoms with Crippen LogP contribution >= 0.6 is 0 Å². The Balaban J connectivity index is 1.25. The molecule has 0 N–H and O–H groups in total. The third-order valence-electron chi connectivity index (χ3n) is 5.62. The van der Waals surface area contributed by atoms with Crippen LogP contribution in [0.1, 0.15) is 31.2 Å². The number of benzene rings is 1. The smallest absolute Gasteiger partial charge is 0.240 e. The van der Waals surface area contributed by atoms with Gasteiger partial charge >= 0.3 is 0 Å². The van der Waals surface area contributed by atoms with Crippen LogP contribution in [0.2, 0.25) is 0 Å². The summed E-state index contributed by atoms with van der Waals surface area (Å²) in [6.07, 6.45) is 6.95. The molecule has 2 aliphatic heterocycles. The molecule has 0 amide bonds. The molecule has 4 heterocycles. The summed E-state index contributed by atoms with van der Waals surface area (Å²) in [4.78, 5) is 6.44. The van der Waals surface area contributed by atoms with Crippen LogP contribution in [-0.2, 0) is 11.3 Å². The highest BCUT2D eigenvalue weighted by Crippen LogP contribution is 2.32. The third-order valence-corrected chi connectivity index (χ3v) is 5.62. The summed E-state index contributed by atoms with van der Waals surface area (Å²) in [6.45, 7) is 4.32. The Morgan fingerprint density at radius 1 is 1.15 bits per heavy atom. The van der Waals surface area contributed by atoms with Gasteiger partial charge in [-0.1, -0.05) is 11.2 Å². The molecule has 0 radical (unpaired) electrons. The monoisotopic (exact) mass is 368 g/mol. The number of piperidine rings is 1. The summed E-state index contributed by atoms with van der Waals surface area (Å²) in [6, 6.07) is 8.96. The number of hydrogen-bond donors (Lipinski definition) is 0. The normalized spacial score (nSPS) is 21.9. The highest BCUT2D eigenvalue weighted by atomic mass is 16.5. The fourth-order valence-electron chi connectivity index (χ4n) is 4.14. The van der Waals surface area contributed by atoms with Gasteiger partial charge in [-0.05, 0) is 37.5 Å². The van der Waals surface area contributed by atoms with Gasteiger partial charge in [0.25, 0.3) is 0 Å². The lowest BCUT2D eigenvalue weighted by Crippen LogP contribution is -2.37. The molecule has 142 valence electrons. The van der Waals surface area contributed by atoms with E-state index in [2.05, 4.69) is 50.1 Å². The standard InChI is InChI=1S/C20H24N4O3/c1-2-18-17(6-10-24(18)15-7-11-25-13-15)19(3-1)26-16-4-8-23(9-5-16)12-20-21-14-22-27-20/h1-3,6,10,14-16H,4-5,7-9,11-13H2. The maximum atomic E-state index is 6.41. The predicted molar refractivity (Wildman–Crippen MR) is 99.6 cm³/mol. The zero-order valence-electron chi connectivity index (χ0n) is 15.3. The average molecular weight is 368 g/mol. The largest absolute Gasteiger partial charge is 0.490 e. The fraction of sp³-hybridized carbons (Fsp3) is 0.500. The molecule has 2 aromatic heterocycles. The van der Waals surface area contributed by atoms with Gasteiger partial charge in [-0.2, -0.15) is 4.98 Å². The molecular formula is C20H24N4O3. The van der Waals surface area contributed by atoms with E-state index in [0.717, 1.165) is 51.3 Å². The van der Waals surface area contributed by atoms with Crippen LogP contribution in [0.4, 0.5) is 0 Å². The van der Waals surface area contributed by atoms with Crippen LogP contribution in [-0.4, -0.2) is 52.0 Å². The summed E-state index contributed by atoms with van der Waals surface area (Å²) >= 11 is 0. The van der Waals surface area contributed by atoms with Gasteiger partial charge in [0.2, 0.25) is 5.89 Å². The van der Waals surface area contributed by atoms with Crippen LogP contribution in [0.5, 0.6) is 5.75 Å². The Hall–Kier alpha value is -2.38. The van der Waals surface area contributed by atoms with Crippen LogP contribution in [0.25, 0.3) is 10.9 Å². The van der Waals surface area contributed by atoms with Crippen molar-refractivity contribution >= 4 is 10.9 Å². The number of nitrogens with zero attached hydrogens (tertiary/aromatic N) is 4. The van der Waals surface area contributed by atoms with Crippen LogP contribution in [0, 0.1) is 0 Å². The molecule has 7 heteroatoms. The molecule has 1 aromatic carbocycles. The lowest BCUT2D eigenvalue weighted by atomic mass is 10.1. The van der Waals surface area contributed by atoms with Gasteiger partial charge in [0, 0.05) is 31.3 Å². The minimum absolute atomic E-state index is 0.243. The summed E-state index contributed by atoms with van der Waals surface area (Å²) in [5.41, 5.74) is 1.23. The van der Waals surface area contributed by atoms with Gasteiger partial charge in [-0.3, -0.25) is 4.90 Å². The van der Waals surface area contributed by atoms with E-state index in [0.29, 0.717) is 18.5 Å². The van der Waals surface area contributed by atoms with Crippen LogP contribution < -0.4 is 4.74 Å². The molecule has 2 fully saturated rings. The first-order valence-electron chi connectivity index (χ1n) is 9.69. The van der Waals surface area contributed by atoms with Crippen molar-refractivity contribution in [1.82, 2.24) is 19.6 Å². The van der Waals surface area contributed by atoms with Gasteiger partial charge in [0.15, 0.2) is 6.33 Å². The van der Waals surface area contributed by atoms with Crippen molar-refractivity contribution in [2.45, 2.75) is 38.0 Å². The van der Waals surface area contributed by atoms with E-state index in [-0.39, 0.29) is 6.10 Å². The predicted octanol–water partition coefficient (Wildman–Crippen LogP) is 3.03. The van der Waals surface area contributed by atoms with E-state index in [4.69, 9.17) is 14.0 Å². The SMILES string of the molecule is c1cc(OC2CCN(Cc3ncno3)CC2)c2ccn(C3CCOC3)c2c1. The van der Waals surface area contributed by atoms with Crippen LogP contribution in [0.15, 0.2) is 41.3 Å². The first-order chi connectivity index (χ1) is 13.4. The average Bonchev–Trinajstić information content (AvgIpc) is 3.45. The van der Waals surface area contributed by atoms with Crippen molar-refractivity contribution in [3.63, 3.8) is 0 Å². The molecule has 0 spiro atoms. The Morgan fingerprint density at radius 3 is 2.85 bits per heavy atom. The summed E-state index contributed by atoms with van der Waals surface area (Å²) in [7, 11) is 0. The minimum Gasteiger partial charge on any atom is -0.490 e. The Morgan fingerprint density at radius 2 is 2.07 bits per heavy atom. The second-order valence-electron chi connectivity index (χ2n) is 7.36. The fourth-order valence-corrected chi connectivity index (χ4v) is 4.14. The van der Waals surface area contributed by atoms with E-state index >= 15 is 0 Å². The Bertz CT molecular complexity index is 878. The molecule has 0 bridgehead atoms. The lowest BCUT2D eigenvalue weighted by Gasteiger charge is -2.31. The summed E-state index contributed by atoms with van der Waals surface area (Å²) < 4.78 is 19.4. The quantitative estimate of drug-likeness (QED) is 0.690. The van der Waals surface area contributed by atoms with Gasteiger partial charge in [-0.15, -0.1) is 0 Å². The minimum atomic E-state index is 0.243. The number of hydrogen-bond acceptors (Lipinski definition) is 6. The number of likely N-dealkylation sites (tertiary alicyclic amines) is 1. The highest BCUT2D eigenvalue weighted by molar-refractivity contribution is 5.86. The van der Waals surface area contributed by atoms with Crippen molar-refractivity contribution < 1.29 is 14.0 Å². The van der Waals surface area contributed by atoms with E-state index in [1.54, 1.807) is 0 Å². The molecule has 0 saturated carbocycles. The Kier molecular flexibility index (Phi) is 4.55. The zero-order valence-corrected chi connectivity index (χ0v) is 15.3. The van der Waals surface area contributed by atoms with Gasteiger partial charge in [0.1, 0.15) is 11.9 Å². The van der Waals surface area contributed by atoms with Gasteiger partial charge in [0.05, 0.1) is 24.7 Å². The molecule has 2 saturated heterocycles. The topological polar surface area (TPSA) is 65.5 Å². The third kappa shape index (κ3) is 3.44. The number of rotatable bonds is 5. The van der Waals surface area contributed by atoms with Gasteiger partial charge < -0.3 is 18.6 Å².